The first-order chi connectivity index (χ1) is 8.15. The number of amides is 1. The van der Waals surface area contributed by atoms with Crippen LogP contribution in [0.5, 0.6) is 0 Å². The van der Waals surface area contributed by atoms with Crippen LogP contribution in [0, 0.1) is 0 Å². The Hall–Kier alpha value is -1.43. The molecule has 0 fully saturated rings. The average Bonchev–Trinajstić information content (AvgIpc) is 2.79. The number of aliphatic hydroxyl groups is 1. The summed E-state index contributed by atoms with van der Waals surface area (Å²) in [6, 6.07) is 0.157. The fraction of sp³-hybridized carbons (Fsp3) is 0.727. The summed E-state index contributed by atoms with van der Waals surface area (Å²) in [4.78, 5) is 13.8. The van der Waals surface area contributed by atoms with Gasteiger partial charge in [0.1, 0.15) is 0 Å². The second kappa shape index (κ2) is 7.01. The van der Waals surface area contributed by atoms with Crippen molar-refractivity contribution in [2.45, 2.75) is 39.3 Å². The van der Waals surface area contributed by atoms with Crippen LogP contribution in [-0.4, -0.2) is 50.1 Å². The largest absolute Gasteiger partial charge is 0.396 e. The zero-order valence-electron chi connectivity index (χ0n) is 10.4. The van der Waals surface area contributed by atoms with Gasteiger partial charge in [0.05, 0.1) is 12.7 Å². The van der Waals surface area contributed by atoms with Crippen molar-refractivity contribution in [3.8, 4) is 0 Å². The Morgan fingerprint density at radius 3 is 2.82 bits per heavy atom. The van der Waals surface area contributed by atoms with E-state index in [1.54, 1.807) is 22.0 Å². The molecule has 1 heterocycles. The molecule has 0 bridgehead atoms. The molecule has 0 aromatic carbocycles. The molecule has 1 N–H and O–H groups in total. The van der Waals surface area contributed by atoms with E-state index in [0.717, 1.165) is 0 Å². The molecule has 0 atom stereocenters. The first-order valence-corrected chi connectivity index (χ1v) is 5.89. The third-order valence-electron chi connectivity index (χ3n) is 2.53. The minimum Gasteiger partial charge on any atom is -0.396 e. The van der Waals surface area contributed by atoms with Crippen molar-refractivity contribution in [1.82, 2.24) is 19.9 Å². The van der Waals surface area contributed by atoms with E-state index in [9.17, 15) is 4.79 Å². The molecule has 0 aliphatic heterocycles. The van der Waals surface area contributed by atoms with Crippen molar-refractivity contribution in [2.24, 2.45) is 0 Å². The molecule has 1 aromatic heterocycles. The highest BCUT2D eigenvalue weighted by molar-refractivity contribution is 5.76. The van der Waals surface area contributed by atoms with Crippen LogP contribution in [-0.2, 0) is 11.3 Å². The number of aromatic nitrogens is 3. The van der Waals surface area contributed by atoms with Crippen LogP contribution in [0.3, 0.4) is 0 Å². The van der Waals surface area contributed by atoms with Crippen molar-refractivity contribution in [1.29, 1.82) is 0 Å². The van der Waals surface area contributed by atoms with Crippen molar-refractivity contribution < 1.29 is 9.90 Å². The fourth-order valence-corrected chi connectivity index (χ4v) is 1.62. The minimum absolute atomic E-state index is 0.0870. The predicted octanol–water partition coefficient (Wildman–Crippen LogP) is 0.288. The number of hydrogen-bond donors (Lipinski definition) is 1. The van der Waals surface area contributed by atoms with Crippen molar-refractivity contribution in [3.63, 3.8) is 0 Å². The molecule has 0 spiro atoms. The van der Waals surface area contributed by atoms with E-state index in [1.807, 2.05) is 13.8 Å². The second-order valence-electron chi connectivity index (χ2n) is 4.17. The van der Waals surface area contributed by atoms with Crippen LogP contribution in [0.25, 0.3) is 0 Å². The van der Waals surface area contributed by atoms with Crippen LogP contribution >= 0.6 is 0 Å². The Balaban J connectivity index is 2.42. The zero-order chi connectivity index (χ0) is 12.7. The van der Waals surface area contributed by atoms with Gasteiger partial charge in [-0.25, -0.2) is 0 Å². The molecular weight excluding hydrogens is 220 g/mol. The van der Waals surface area contributed by atoms with Gasteiger partial charge in [-0.1, -0.05) is 5.21 Å². The molecule has 1 amide bonds. The Kier molecular flexibility index (Phi) is 5.62. The molecule has 0 unspecified atom stereocenters. The van der Waals surface area contributed by atoms with Gasteiger partial charge >= 0.3 is 0 Å². The number of rotatable bonds is 7. The molecule has 0 radical (unpaired) electrons. The molecule has 0 saturated carbocycles. The number of carbonyl (C=O) groups is 1. The summed E-state index contributed by atoms with van der Waals surface area (Å²) in [5.41, 5.74) is 0. The summed E-state index contributed by atoms with van der Waals surface area (Å²) >= 11 is 0. The van der Waals surface area contributed by atoms with Crippen LogP contribution in [0.4, 0.5) is 0 Å². The van der Waals surface area contributed by atoms with E-state index in [-0.39, 0.29) is 18.6 Å². The molecular formula is C11H20N4O2. The molecule has 0 aliphatic carbocycles. The van der Waals surface area contributed by atoms with Crippen LogP contribution in [0.2, 0.25) is 0 Å². The maximum absolute atomic E-state index is 12.0. The Labute approximate surface area is 101 Å². The van der Waals surface area contributed by atoms with Gasteiger partial charge in [-0.15, -0.1) is 5.10 Å². The van der Waals surface area contributed by atoms with Crippen molar-refractivity contribution in [2.75, 3.05) is 13.2 Å². The van der Waals surface area contributed by atoms with Gasteiger partial charge in [0.25, 0.3) is 0 Å². The summed E-state index contributed by atoms with van der Waals surface area (Å²) in [7, 11) is 0. The molecule has 1 aromatic rings. The summed E-state index contributed by atoms with van der Waals surface area (Å²) < 4.78 is 1.64. The Bertz CT molecular complexity index is 324. The lowest BCUT2D eigenvalue weighted by Gasteiger charge is -2.26. The van der Waals surface area contributed by atoms with E-state index in [2.05, 4.69) is 10.3 Å². The van der Waals surface area contributed by atoms with Crippen molar-refractivity contribution in [3.05, 3.63) is 12.4 Å². The molecule has 0 aliphatic rings. The van der Waals surface area contributed by atoms with Crippen LogP contribution < -0.4 is 0 Å². The van der Waals surface area contributed by atoms with Gasteiger partial charge in [0, 0.05) is 31.8 Å². The van der Waals surface area contributed by atoms with Gasteiger partial charge < -0.3 is 10.0 Å². The first kappa shape index (κ1) is 13.6. The maximum Gasteiger partial charge on any atom is 0.224 e. The highest BCUT2D eigenvalue weighted by Gasteiger charge is 2.16. The lowest BCUT2D eigenvalue weighted by molar-refractivity contribution is -0.133. The zero-order valence-corrected chi connectivity index (χ0v) is 10.4. The summed E-state index contributed by atoms with van der Waals surface area (Å²) in [5.74, 6) is 0.0870. The van der Waals surface area contributed by atoms with Crippen molar-refractivity contribution >= 4 is 5.91 Å². The normalized spacial score (nSPS) is 10.8. The fourth-order valence-electron chi connectivity index (χ4n) is 1.62. The van der Waals surface area contributed by atoms with Gasteiger partial charge in [-0.2, -0.15) is 0 Å². The summed E-state index contributed by atoms with van der Waals surface area (Å²) in [5, 5.41) is 16.3. The minimum atomic E-state index is 0.0870. The first-order valence-electron chi connectivity index (χ1n) is 5.89. The third-order valence-corrected chi connectivity index (χ3v) is 2.53. The monoisotopic (exact) mass is 240 g/mol. The lowest BCUT2D eigenvalue weighted by Crippen LogP contribution is -2.38. The average molecular weight is 240 g/mol. The molecule has 17 heavy (non-hydrogen) atoms. The van der Waals surface area contributed by atoms with Gasteiger partial charge in [0.2, 0.25) is 5.91 Å². The summed E-state index contributed by atoms with van der Waals surface area (Å²) in [6.45, 7) is 5.21. The lowest BCUT2D eigenvalue weighted by atomic mass is 10.2. The molecule has 6 nitrogen and oxygen atoms in total. The second-order valence-corrected chi connectivity index (χ2v) is 4.17. The van der Waals surface area contributed by atoms with E-state index in [1.165, 1.54) is 0 Å². The Morgan fingerprint density at radius 2 is 2.29 bits per heavy atom. The number of hydrogen-bond acceptors (Lipinski definition) is 4. The Morgan fingerprint density at radius 1 is 1.53 bits per heavy atom. The van der Waals surface area contributed by atoms with Crippen LogP contribution in [0.1, 0.15) is 26.7 Å². The van der Waals surface area contributed by atoms with E-state index < -0.39 is 0 Å². The molecule has 96 valence electrons. The number of aliphatic hydroxyl groups excluding tert-OH is 1. The maximum atomic E-state index is 12.0. The number of aryl methyl sites for hydroxylation is 1. The SMILES string of the molecule is CC(C)N(CCCO)C(=O)CCn1ccnn1. The van der Waals surface area contributed by atoms with E-state index in [4.69, 9.17) is 5.11 Å². The number of carbonyl (C=O) groups excluding carboxylic acids is 1. The highest BCUT2D eigenvalue weighted by atomic mass is 16.3. The third kappa shape index (κ3) is 4.52. The smallest absolute Gasteiger partial charge is 0.224 e. The van der Waals surface area contributed by atoms with E-state index >= 15 is 0 Å². The van der Waals surface area contributed by atoms with Gasteiger partial charge in [0.15, 0.2) is 0 Å². The quantitative estimate of drug-likeness (QED) is 0.743. The summed E-state index contributed by atoms with van der Waals surface area (Å²) in [6.07, 6.45) is 4.36. The van der Waals surface area contributed by atoms with E-state index in [0.29, 0.717) is 25.9 Å². The topological polar surface area (TPSA) is 71.2 Å². The highest BCUT2D eigenvalue weighted by Crippen LogP contribution is 2.04. The van der Waals surface area contributed by atoms with Gasteiger partial charge in [-0.05, 0) is 20.3 Å². The standard InChI is InChI=1S/C11H20N4O2/c1-10(2)15(6-3-9-16)11(17)4-7-14-8-5-12-13-14/h5,8,10,16H,3-4,6-7,9H2,1-2H3. The predicted molar refractivity (Wildman–Crippen MR) is 63.2 cm³/mol. The number of nitrogens with zero attached hydrogens (tertiary/aromatic N) is 4. The molecule has 1 rings (SSSR count). The van der Waals surface area contributed by atoms with Crippen LogP contribution in [0.15, 0.2) is 12.4 Å². The molecule has 6 heteroatoms. The molecule has 0 saturated heterocycles. The van der Waals surface area contributed by atoms with Gasteiger partial charge in [-0.3, -0.25) is 9.48 Å².